The minimum Gasteiger partial charge on any atom is -0.381 e. The highest BCUT2D eigenvalue weighted by atomic mass is 16.5. The van der Waals surface area contributed by atoms with Crippen LogP contribution in [0.3, 0.4) is 0 Å². The molecule has 28 heavy (non-hydrogen) atoms. The van der Waals surface area contributed by atoms with Gasteiger partial charge in [-0.2, -0.15) is 0 Å². The molecule has 0 aliphatic heterocycles. The van der Waals surface area contributed by atoms with E-state index < -0.39 is 11.0 Å². The summed E-state index contributed by atoms with van der Waals surface area (Å²) in [4.78, 5) is 25.0. The fourth-order valence-electron chi connectivity index (χ4n) is 7.45. The van der Waals surface area contributed by atoms with Gasteiger partial charge in [-0.1, -0.05) is 44.9 Å². The predicted molar refractivity (Wildman–Crippen MR) is 108 cm³/mol. The molecule has 0 saturated heterocycles. The third-order valence-electron chi connectivity index (χ3n) is 8.94. The molecule has 154 valence electrons. The van der Waals surface area contributed by atoms with E-state index in [1.807, 2.05) is 13.0 Å². The summed E-state index contributed by atoms with van der Waals surface area (Å²) >= 11 is 0. The van der Waals surface area contributed by atoms with E-state index in [0.29, 0.717) is 24.7 Å². The first-order valence-electron chi connectivity index (χ1n) is 10.8. The van der Waals surface area contributed by atoms with Gasteiger partial charge in [0.15, 0.2) is 11.6 Å². The topological polar surface area (TPSA) is 63.6 Å². The van der Waals surface area contributed by atoms with Gasteiger partial charge in [0.2, 0.25) is 0 Å². The van der Waals surface area contributed by atoms with Crippen LogP contribution in [0.2, 0.25) is 0 Å². The molecule has 0 radical (unpaired) electrons. The van der Waals surface area contributed by atoms with E-state index in [2.05, 4.69) is 26.8 Å². The number of carbonyl (C=O) groups is 2. The van der Waals surface area contributed by atoms with Crippen molar-refractivity contribution in [2.75, 3.05) is 13.7 Å². The Bertz CT molecular complexity index is 779. The van der Waals surface area contributed by atoms with Crippen molar-refractivity contribution < 1.29 is 19.4 Å². The van der Waals surface area contributed by atoms with Crippen molar-refractivity contribution >= 4 is 11.6 Å². The number of fused-ring (bicyclic) bond motifs is 5. The number of allylic oxidation sites excluding steroid dienone is 4. The van der Waals surface area contributed by atoms with Crippen LogP contribution in [0.1, 0.15) is 59.8 Å². The van der Waals surface area contributed by atoms with E-state index in [1.165, 1.54) is 18.3 Å². The zero-order valence-corrected chi connectivity index (χ0v) is 17.9. The lowest BCUT2D eigenvalue weighted by molar-refractivity contribution is -0.162. The number of ketones is 2. The first-order chi connectivity index (χ1) is 13.1. The van der Waals surface area contributed by atoms with Crippen LogP contribution >= 0.6 is 0 Å². The molecule has 4 rings (SSSR count). The number of carbonyl (C=O) groups excluding carboxylic acids is 2. The van der Waals surface area contributed by atoms with E-state index in [4.69, 9.17) is 4.74 Å². The number of aliphatic hydroxyl groups is 1. The number of hydrogen-bond donors (Lipinski definition) is 1. The van der Waals surface area contributed by atoms with Gasteiger partial charge in [-0.3, -0.25) is 9.59 Å². The van der Waals surface area contributed by atoms with E-state index in [9.17, 15) is 14.7 Å². The average Bonchev–Trinajstić information content (AvgIpc) is 2.85. The molecule has 0 aromatic carbocycles. The largest absolute Gasteiger partial charge is 0.381 e. The molecule has 4 aliphatic rings. The Kier molecular flexibility index (Phi) is 4.56. The van der Waals surface area contributed by atoms with Crippen LogP contribution in [-0.2, 0) is 14.3 Å². The highest BCUT2D eigenvalue weighted by Gasteiger charge is 2.67. The lowest BCUT2D eigenvalue weighted by Gasteiger charge is -2.56. The minimum atomic E-state index is -1.33. The van der Waals surface area contributed by atoms with E-state index in [0.717, 1.165) is 19.3 Å². The third kappa shape index (κ3) is 2.37. The van der Waals surface area contributed by atoms with Gasteiger partial charge in [0.1, 0.15) is 12.2 Å². The first kappa shape index (κ1) is 20.0. The highest BCUT2D eigenvalue weighted by Crippen LogP contribution is 2.67. The standard InChI is InChI=1S/C24H34O4/c1-14-10-17-18(22(3)8-6-16(25)12-19(14)22)7-9-23(4)20(17)11-15(2)24(23,27)21(26)13-28-5/h7,12,14-15,17,20,27H,6,8-11,13H2,1-5H3/t14-,15+,17?,20?,22+,23-,24-/m0/s1. The Hall–Kier alpha value is -1.26. The van der Waals surface area contributed by atoms with E-state index >= 15 is 0 Å². The van der Waals surface area contributed by atoms with Crippen LogP contribution in [0.15, 0.2) is 23.3 Å². The van der Waals surface area contributed by atoms with Crippen molar-refractivity contribution in [2.24, 2.45) is 34.5 Å². The van der Waals surface area contributed by atoms with Gasteiger partial charge in [0.25, 0.3) is 0 Å². The van der Waals surface area contributed by atoms with Gasteiger partial charge in [-0.25, -0.2) is 0 Å². The summed E-state index contributed by atoms with van der Waals surface area (Å²) < 4.78 is 5.11. The van der Waals surface area contributed by atoms with Crippen LogP contribution in [0, 0.1) is 34.5 Å². The molecule has 4 aliphatic carbocycles. The van der Waals surface area contributed by atoms with E-state index in [-0.39, 0.29) is 35.4 Å². The first-order valence-corrected chi connectivity index (χ1v) is 10.8. The van der Waals surface area contributed by atoms with Crippen molar-refractivity contribution in [3.63, 3.8) is 0 Å². The molecule has 7 atom stereocenters. The molecule has 4 heteroatoms. The molecule has 1 N–H and O–H groups in total. The smallest absolute Gasteiger partial charge is 0.190 e. The minimum absolute atomic E-state index is 0.0342. The second-order valence-electron chi connectivity index (χ2n) is 10.3. The fourth-order valence-corrected chi connectivity index (χ4v) is 7.45. The summed E-state index contributed by atoms with van der Waals surface area (Å²) in [6.07, 6.45) is 8.31. The quantitative estimate of drug-likeness (QED) is 0.748. The predicted octanol–water partition coefficient (Wildman–Crippen LogP) is 3.88. The number of ether oxygens (including phenoxy) is 1. The van der Waals surface area contributed by atoms with Gasteiger partial charge in [0, 0.05) is 24.4 Å². The Morgan fingerprint density at radius 1 is 1.25 bits per heavy atom. The molecule has 0 aromatic heterocycles. The molecule has 4 nitrogen and oxygen atoms in total. The zero-order chi connectivity index (χ0) is 20.5. The zero-order valence-electron chi connectivity index (χ0n) is 17.9. The van der Waals surface area contributed by atoms with Crippen molar-refractivity contribution in [3.05, 3.63) is 23.3 Å². The lowest BCUT2D eigenvalue weighted by Crippen LogP contribution is -2.58. The van der Waals surface area contributed by atoms with Gasteiger partial charge >= 0.3 is 0 Å². The molecule has 0 spiro atoms. The van der Waals surface area contributed by atoms with Crippen LogP contribution in [-0.4, -0.2) is 36.0 Å². The Balaban J connectivity index is 1.78. The number of rotatable bonds is 3. The van der Waals surface area contributed by atoms with Gasteiger partial charge in [0.05, 0.1) is 0 Å². The highest BCUT2D eigenvalue weighted by molar-refractivity contribution is 5.92. The second kappa shape index (κ2) is 6.37. The Morgan fingerprint density at radius 3 is 2.64 bits per heavy atom. The molecule has 0 amide bonds. The number of Topliss-reactive ketones (excluding diaryl/α,β-unsaturated/α-hetero) is 1. The summed E-state index contributed by atoms with van der Waals surface area (Å²) in [6, 6.07) is 0. The summed E-state index contributed by atoms with van der Waals surface area (Å²) in [5.74, 6) is 1.02. The molecular weight excluding hydrogens is 352 g/mol. The molecule has 2 fully saturated rings. The average molecular weight is 387 g/mol. The molecule has 0 heterocycles. The summed E-state index contributed by atoms with van der Waals surface area (Å²) in [6.45, 7) is 8.66. The number of methoxy groups -OCH3 is 1. The summed E-state index contributed by atoms with van der Waals surface area (Å²) in [7, 11) is 1.52. The second-order valence-corrected chi connectivity index (χ2v) is 10.3. The SMILES string of the molecule is COCC(=O)[C@@]1(O)[C@H](C)CC2C3C[C@H](C)C4=CC(=O)CC[C@]4(C)C3=CC[C@@]21C. The maximum Gasteiger partial charge on any atom is 0.190 e. The molecule has 0 aromatic rings. The maximum atomic E-state index is 12.9. The number of hydrogen-bond acceptors (Lipinski definition) is 4. The molecule has 2 unspecified atom stereocenters. The van der Waals surface area contributed by atoms with E-state index in [1.54, 1.807) is 0 Å². The molecule has 2 saturated carbocycles. The summed E-state index contributed by atoms with van der Waals surface area (Å²) in [5, 5.41) is 11.7. The third-order valence-corrected chi connectivity index (χ3v) is 8.94. The van der Waals surface area contributed by atoms with Gasteiger partial charge < -0.3 is 9.84 Å². The lowest BCUT2D eigenvalue weighted by atomic mass is 9.48. The van der Waals surface area contributed by atoms with Gasteiger partial charge in [-0.15, -0.1) is 0 Å². The fraction of sp³-hybridized carbons (Fsp3) is 0.750. The normalized spacial score (nSPS) is 47.6. The summed E-state index contributed by atoms with van der Waals surface area (Å²) in [5.41, 5.74) is 0.920. The Morgan fingerprint density at radius 2 is 1.96 bits per heavy atom. The molecule has 0 bridgehead atoms. The van der Waals surface area contributed by atoms with Crippen molar-refractivity contribution in [3.8, 4) is 0 Å². The molecular formula is C24H34O4. The Labute approximate surface area is 168 Å². The van der Waals surface area contributed by atoms with Gasteiger partial charge in [-0.05, 0) is 55.4 Å². The van der Waals surface area contributed by atoms with Crippen molar-refractivity contribution in [1.82, 2.24) is 0 Å². The van der Waals surface area contributed by atoms with Crippen LogP contribution in [0.4, 0.5) is 0 Å². The van der Waals surface area contributed by atoms with Crippen molar-refractivity contribution in [2.45, 2.75) is 65.4 Å². The van der Waals surface area contributed by atoms with Crippen LogP contribution in [0.25, 0.3) is 0 Å². The monoisotopic (exact) mass is 386 g/mol. The van der Waals surface area contributed by atoms with Crippen molar-refractivity contribution in [1.29, 1.82) is 0 Å². The maximum absolute atomic E-state index is 12.9. The van der Waals surface area contributed by atoms with Crippen LogP contribution in [0.5, 0.6) is 0 Å². The van der Waals surface area contributed by atoms with Crippen LogP contribution < -0.4 is 0 Å².